The predicted molar refractivity (Wildman–Crippen MR) is 56.9 cm³/mol. The minimum atomic E-state index is 0. The first-order chi connectivity index (χ1) is 5.41. The lowest BCUT2D eigenvalue weighted by Crippen LogP contribution is -2.06. The lowest BCUT2D eigenvalue weighted by Gasteiger charge is -1.93. The van der Waals surface area contributed by atoms with Crippen LogP contribution in [0.3, 0.4) is 0 Å². The zero-order valence-corrected chi connectivity index (χ0v) is 8.32. The Hall–Kier alpha value is -0.340. The van der Waals surface area contributed by atoms with E-state index in [-0.39, 0.29) is 1.43 Å². The third kappa shape index (κ3) is 42.3. The molecule has 0 aromatic heterocycles. The van der Waals surface area contributed by atoms with Gasteiger partial charge >= 0.3 is 0 Å². The minimum Gasteiger partial charge on any atom is -0.333 e. The van der Waals surface area contributed by atoms with Crippen LogP contribution in [0.25, 0.3) is 0 Å². The maximum Gasteiger partial charge on any atom is 0 e. The number of hydrogen-bond donors (Lipinski definition) is 2. The van der Waals surface area contributed by atoms with Crippen LogP contribution in [0.1, 0.15) is 27.6 Å². The van der Waals surface area contributed by atoms with Gasteiger partial charge in [0.15, 0.2) is 0 Å². The molecule has 0 saturated carbocycles. The Kier molecular flexibility index (Phi) is 51.4. The number of hydrogen-bond acceptors (Lipinski definition) is 2. The third-order valence-corrected chi connectivity index (χ3v) is 1.03. The maximum absolute atomic E-state index is 4.50. The minimum absolute atomic E-state index is 0. The molecule has 0 atom stereocenters. The quantitative estimate of drug-likeness (QED) is 0.490. The largest absolute Gasteiger partial charge is 0.333 e. The Morgan fingerprint density at radius 1 is 1.27 bits per heavy atom. The van der Waals surface area contributed by atoms with Crippen LogP contribution >= 0.6 is 0 Å². The number of unbranched alkanes of at least 4 members (excludes halogenated alkanes) is 2. The second-order valence-corrected chi connectivity index (χ2v) is 1.81. The first-order valence-corrected chi connectivity index (χ1v) is 4.14. The molecule has 0 saturated heterocycles. The summed E-state index contributed by atoms with van der Waals surface area (Å²) in [5, 5.41) is 3.10. The highest BCUT2D eigenvalue weighted by atomic mass is 14.8. The highest BCUT2D eigenvalue weighted by Crippen LogP contribution is 1.89. The summed E-state index contributed by atoms with van der Waals surface area (Å²) in [6, 6.07) is 0. The Morgan fingerprint density at radius 3 is 2.00 bits per heavy atom. The molecule has 0 spiro atoms. The Balaban J connectivity index is -0.0000000560. The molecule has 0 heterocycles. The van der Waals surface area contributed by atoms with E-state index in [0.717, 1.165) is 0 Å². The summed E-state index contributed by atoms with van der Waals surface area (Å²) >= 11 is 0. The zero-order valence-electron chi connectivity index (χ0n) is 8.32. The van der Waals surface area contributed by atoms with E-state index in [1.807, 2.05) is 7.05 Å². The smallest absolute Gasteiger partial charge is 0 e. The van der Waals surface area contributed by atoms with Crippen LogP contribution in [0.2, 0.25) is 0 Å². The highest BCUT2D eigenvalue weighted by Gasteiger charge is 1.78. The van der Waals surface area contributed by atoms with Gasteiger partial charge in [0.2, 0.25) is 0 Å². The SMILES string of the molecule is C=C.CCCCCNC.CN.[HH]. The average Bonchev–Trinajstić information content (AvgIpc) is 2.13. The topological polar surface area (TPSA) is 38.0 Å². The molecule has 0 aliphatic carbocycles. The van der Waals surface area contributed by atoms with Crippen LogP contribution in [0.4, 0.5) is 0 Å². The first-order valence-electron chi connectivity index (χ1n) is 4.14. The van der Waals surface area contributed by atoms with Gasteiger partial charge in [0.05, 0.1) is 0 Å². The Bertz CT molecular complexity index is 39.5. The number of nitrogens with two attached hydrogens (primary N) is 1. The van der Waals surface area contributed by atoms with Gasteiger partial charge in [0.1, 0.15) is 0 Å². The second kappa shape index (κ2) is 33.4. The van der Waals surface area contributed by atoms with Gasteiger partial charge < -0.3 is 11.1 Å². The van der Waals surface area contributed by atoms with E-state index >= 15 is 0 Å². The maximum atomic E-state index is 4.50. The molecule has 3 N–H and O–H groups in total. The summed E-state index contributed by atoms with van der Waals surface area (Å²) in [6.07, 6.45) is 4.01. The molecule has 0 amide bonds. The average molecular weight is 162 g/mol. The Morgan fingerprint density at radius 2 is 1.73 bits per heavy atom. The molecule has 0 aliphatic heterocycles. The van der Waals surface area contributed by atoms with E-state index in [2.05, 4.69) is 31.1 Å². The van der Waals surface area contributed by atoms with Gasteiger partial charge in [-0.2, -0.15) is 0 Å². The second-order valence-electron chi connectivity index (χ2n) is 1.81. The van der Waals surface area contributed by atoms with Crippen LogP contribution in [-0.2, 0) is 0 Å². The molecule has 0 aromatic rings. The van der Waals surface area contributed by atoms with Crippen LogP contribution in [-0.4, -0.2) is 20.6 Å². The van der Waals surface area contributed by atoms with E-state index in [0.29, 0.717) is 0 Å². The van der Waals surface area contributed by atoms with Gasteiger partial charge in [-0.1, -0.05) is 19.8 Å². The molecule has 2 nitrogen and oxygen atoms in total. The standard InChI is InChI=1S/C6H15N.C2H4.CH5N.H2/c1-3-4-5-6-7-2;2*1-2;/h7H,3-6H2,1-2H3;1-2H2;2H2,1H3;1H. The molecule has 0 aliphatic rings. The van der Waals surface area contributed by atoms with Gasteiger partial charge in [-0.15, -0.1) is 13.2 Å². The van der Waals surface area contributed by atoms with E-state index in [1.165, 1.54) is 32.9 Å². The first kappa shape index (κ1) is 17.0. The summed E-state index contributed by atoms with van der Waals surface area (Å²) in [4.78, 5) is 0. The van der Waals surface area contributed by atoms with E-state index < -0.39 is 0 Å². The third-order valence-electron chi connectivity index (χ3n) is 1.03. The van der Waals surface area contributed by atoms with Gasteiger partial charge in [0, 0.05) is 1.43 Å². The van der Waals surface area contributed by atoms with Crippen molar-refractivity contribution in [1.82, 2.24) is 5.32 Å². The Labute approximate surface area is 73.4 Å². The van der Waals surface area contributed by atoms with E-state index in [4.69, 9.17) is 0 Å². The zero-order chi connectivity index (χ0) is 9.54. The van der Waals surface area contributed by atoms with Crippen molar-refractivity contribution in [2.45, 2.75) is 26.2 Å². The van der Waals surface area contributed by atoms with Crippen molar-refractivity contribution < 1.29 is 1.43 Å². The molecule has 0 aromatic carbocycles. The molecule has 0 rings (SSSR count). The normalized spacial score (nSPS) is 6.91. The fourth-order valence-corrected chi connectivity index (χ4v) is 0.552. The van der Waals surface area contributed by atoms with Crippen molar-refractivity contribution >= 4 is 0 Å². The molecule has 0 bridgehead atoms. The fourth-order valence-electron chi connectivity index (χ4n) is 0.552. The van der Waals surface area contributed by atoms with Crippen LogP contribution in [0.15, 0.2) is 13.2 Å². The molecule has 0 fully saturated rings. The molecule has 11 heavy (non-hydrogen) atoms. The summed E-state index contributed by atoms with van der Waals surface area (Å²) in [5.74, 6) is 0. The molecular weight excluding hydrogens is 136 g/mol. The van der Waals surface area contributed by atoms with Crippen LogP contribution in [0, 0.1) is 0 Å². The highest BCUT2D eigenvalue weighted by molar-refractivity contribution is 4.39. The van der Waals surface area contributed by atoms with Gasteiger partial charge in [-0.25, -0.2) is 0 Å². The molecule has 0 unspecified atom stereocenters. The van der Waals surface area contributed by atoms with Crippen molar-refractivity contribution in [2.24, 2.45) is 5.73 Å². The predicted octanol–water partition coefficient (Wildman–Crippen LogP) is 2.02. The van der Waals surface area contributed by atoms with Crippen molar-refractivity contribution in [3.63, 3.8) is 0 Å². The molecule has 2 heteroatoms. The van der Waals surface area contributed by atoms with Crippen molar-refractivity contribution in [3.8, 4) is 0 Å². The summed E-state index contributed by atoms with van der Waals surface area (Å²) in [7, 11) is 3.50. The summed E-state index contributed by atoms with van der Waals surface area (Å²) < 4.78 is 0. The number of rotatable bonds is 4. The summed E-state index contributed by atoms with van der Waals surface area (Å²) in [6.45, 7) is 9.39. The van der Waals surface area contributed by atoms with E-state index in [1.54, 1.807) is 0 Å². The number of nitrogens with one attached hydrogen (secondary N) is 1. The van der Waals surface area contributed by atoms with Crippen molar-refractivity contribution in [3.05, 3.63) is 13.2 Å². The monoisotopic (exact) mass is 162 g/mol. The van der Waals surface area contributed by atoms with Crippen LogP contribution in [0.5, 0.6) is 0 Å². The van der Waals surface area contributed by atoms with Gasteiger partial charge in [-0.3, -0.25) is 0 Å². The van der Waals surface area contributed by atoms with Crippen LogP contribution < -0.4 is 11.1 Å². The lowest BCUT2D eigenvalue weighted by molar-refractivity contribution is 0.667. The molecule has 0 radical (unpaired) electrons. The van der Waals surface area contributed by atoms with Crippen molar-refractivity contribution in [2.75, 3.05) is 20.6 Å². The summed E-state index contributed by atoms with van der Waals surface area (Å²) in [5.41, 5.74) is 4.50. The van der Waals surface area contributed by atoms with Gasteiger partial charge in [-0.05, 0) is 27.1 Å². The van der Waals surface area contributed by atoms with Gasteiger partial charge in [0.25, 0.3) is 0 Å². The lowest BCUT2D eigenvalue weighted by atomic mass is 10.2. The molecular formula is C9H26N2. The fraction of sp³-hybridized carbons (Fsp3) is 0.778. The molecule has 72 valence electrons. The van der Waals surface area contributed by atoms with Crippen molar-refractivity contribution in [1.29, 1.82) is 0 Å². The van der Waals surface area contributed by atoms with E-state index in [9.17, 15) is 0 Å².